The molecule has 0 aliphatic carbocycles. The highest BCUT2D eigenvalue weighted by atomic mass is 32.1. The molecular weight excluding hydrogens is 190 g/mol. The van der Waals surface area contributed by atoms with E-state index in [1.54, 1.807) is 13.8 Å². The smallest absolute Gasteiger partial charge is 0.310 e. The van der Waals surface area contributed by atoms with E-state index in [9.17, 15) is 4.79 Å². The van der Waals surface area contributed by atoms with Gasteiger partial charge in [-0.25, -0.2) is 4.98 Å². The van der Waals surface area contributed by atoms with Crippen LogP contribution in [0.15, 0.2) is 6.33 Å². The number of hydrogen-bond acceptors (Lipinski definition) is 5. The van der Waals surface area contributed by atoms with E-state index in [0.29, 0.717) is 11.7 Å². The third-order valence-electron chi connectivity index (χ3n) is 1.62. The number of carbonyl (C=O) groups is 1. The van der Waals surface area contributed by atoms with Crippen molar-refractivity contribution >= 4 is 22.6 Å². The maximum atomic E-state index is 10.7. The zero-order chi connectivity index (χ0) is 9.90. The van der Waals surface area contributed by atoms with Crippen molar-refractivity contribution in [3.63, 3.8) is 0 Å². The fraction of sp³-hybridized carbons (Fsp3) is 0.571. The van der Waals surface area contributed by atoms with Crippen molar-refractivity contribution in [1.82, 2.24) is 9.36 Å². The van der Waals surface area contributed by atoms with Crippen molar-refractivity contribution in [2.24, 2.45) is 5.41 Å². The largest absolute Gasteiger partial charge is 0.481 e. The first-order valence-electron chi connectivity index (χ1n) is 3.76. The third-order valence-corrected chi connectivity index (χ3v) is 2.24. The van der Waals surface area contributed by atoms with Crippen LogP contribution in [0.1, 0.15) is 13.8 Å². The molecule has 0 bridgehead atoms. The molecule has 0 fully saturated rings. The Morgan fingerprint density at radius 2 is 2.46 bits per heavy atom. The lowest BCUT2D eigenvalue weighted by molar-refractivity contribution is -0.146. The van der Waals surface area contributed by atoms with Crippen LogP contribution < -0.4 is 5.32 Å². The Bertz CT molecular complexity index is 284. The highest BCUT2D eigenvalue weighted by Gasteiger charge is 2.26. The summed E-state index contributed by atoms with van der Waals surface area (Å²) in [7, 11) is 0. The van der Waals surface area contributed by atoms with E-state index >= 15 is 0 Å². The summed E-state index contributed by atoms with van der Waals surface area (Å²) in [5.74, 6) is -0.829. The first-order valence-corrected chi connectivity index (χ1v) is 4.53. The molecular formula is C7H11N3O2S. The van der Waals surface area contributed by atoms with Crippen molar-refractivity contribution in [2.75, 3.05) is 11.9 Å². The lowest BCUT2D eigenvalue weighted by Crippen LogP contribution is -2.31. The molecule has 0 spiro atoms. The molecule has 2 N–H and O–H groups in total. The first-order chi connectivity index (χ1) is 6.02. The molecule has 0 saturated carbocycles. The summed E-state index contributed by atoms with van der Waals surface area (Å²) in [6.45, 7) is 3.66. The summed E-state index contributed by atoms with van der Waals surface area (Å²) in [5, 5.41) is 12.4. The average Bonchev–Trinajstić information content (AvgIpc) is 2.52. The average molecular weight is 201 g/mol. The maximum absolute atomic E-state index is 10.7. The van der Waals surface area contributed by atoms with Crippen molar-refractivity contribution in [3.05, 3.63) is 6.33 Å². The van der Waals surface area contributed by atoms with Crippen molar-refractivity contribution in [1.29, 1.82) is 0 Å². The van der Waals surface area contributed by atoms with Crippen LogP contribution in [-0.2, 0) is 4.79 Å². The fourth-order valence-electron chi connectivity index (χ4n) is 0.623. The number of nitrogens with one attached hydrogen (secondary N) is 1. The summed E-state index contributed by atoms with van der Waals surface area (Å²) in [5.41, 5.74) is -0.786. The number of rotatable bonds is 4. The molecule has 1 heterocycles. The first kappa shape index (κ1) is 9.91. The van der Waals surface area contributed by atoms with E-state index in [1.165, 1.54) is 17.9 Å². The molecule has 0 amide bonds. The van der Waals surface area contributed by atoms with E-state index in [1.807, 2.05) is 0 Å². The van der Waals surface area contributed by atoms with Gasteiger partial charge in [-0.05, 0) is 13.8 Å². The van der Waals surface area contributed by atoms with Gasteiger partial charge in [-0.2, -0.15) is 4.37 Å². The molecule has 1 aromatic rings. The van der Waals surface area contributed by atoms with Crippen LogP contribution in [0.3, 0.4) is 0 Å². The van der Waals surface area contributed by atoms with E-state index in [0.717, 1.165) is 0 Å². The summed E-state index contributed by atoms with van der Waals surface area (Å²) in [6, 6.07) is 0. The lowest BCUT2D eigenvalue weighted by Gasteiger charge is -2.18. The Morgan fingerprint density at radius 1 is 1.77 bits per heavy atom. The van der Waals surface area contributed by atoms with Crippen LogP contribution in [0.5, 0.6) is 0 Å². The summed E-state index contributed by atoms with van der Waals surface area (Å²) in [6.07, 6.45) is 1.43. The Morgan fingerprint density at radius 3 is 2.92 bits per heavy atom. The maximum Gasteiger partial charge on any atom is 0.310 e. The molecule has 0 aliphatic heterocycles. The van der Waals surface area contributed by atoms with Gasteiger partial charge in [-0.1, -0.05) is 0 Å². The van der Waals surface area contributed by atoms with Gasteiger partial charge in [-0.3, -0.25) is 4.79 Å². The van der Waals surface area contributed by atoms with Crippen LogP contribution in [0.2, 0.25) is 0 Å². The van der Waals surface area contributed by atoms with E-state index in [-0.39, 0.29) is 0 Å². The van der Waals surface area contributed by atoms with Crippen LogP contribution in [0.4, 0.5) is 5.13 Å². The van der Waals surface area contributed by atoms with Gasteiger partial charge in [0.1, 0.15) is 6.33 Å². The van der Waals surface area contributed by atoms with Crippen molar-refractivity contribution < 1.29 is 9.90 Å². The number of aliphatic carboxylic acids is 1. The zero-order valence-electron chi connectivity index (χ0n) is 7.44. The van der Waals surface area contributed by atoms with Crippen LogP contribution in [-0.4, -0.2) is 27.0 Å². The van der Waals surface area contributed by atoms with Gasteiger partial charge in [0, 0.05) is 18.1 Å². The molecule has 5 nitrogen and oxygen atoms in total. The lowest BCUT2D eigenvalue weighted by atomic mass is 9.94. The normalized spacial score (nSPS) is 11.2. The SMILES string of the molecule is CC(C)(CNc1ncns1)C(=O)O. The van der Waals surface area contributed by atoms with Crippen LogP contribution in [0.25, 0.3) is 0 Å². The fourth-order valence-corrected chi connectivity index (χ4v) is 1.05. The van der Waals surface area contributed by atoms with E-state index < -0.39 is 11.4 Å². The highest BCUT2D eigenvalue weighted by Crippen LogP contribution is 2.17. The van der Waals surface area contributed by atoms with Gasteiger partial charge in [0.15, 0.2) is 0 Å². The van der Waals surface area contributed by atoms with Gasteiger partial charge in [0.05, 0.1) is 5.41 Å². The number of nitrogens with zero attached hydrogens (tertiary/aromatic N) is 2. The van der Waals surface area contributed by atoms with E-state index in [2.05, 4.69) is 14.7 Å². The minimum atomic E-state index is -0.829. The molecule has 0 radical (unpaired) electrons. The second kappa shape index (κ2) is 3.69. The summed E-state index contributed by atoms with van der Waals surface area (Å²) < 4.78 is 3.79. The molecule has 6 heteroatoms. The molecule has 1 rings (SSSR count). The minimum Gasteiger partial charge on any atom is -0.481 e. The quantitative estimate of drug-likeness (QED) is 0.761. The molecule has 0 unspecified atom stereocenters. The van der Waals surface area contributed by atoms with Crippen molar-refractivity contribution in [2.45, 2.75) is 13.8 Å². The number of anilines is 1. The molecule has 0 saturated heterocycles. The highest BCUT2D eigenvalue weighted by molar-refractivity contribution is 7.09. The minimum absolute atomic E-state index is 0.345. The molecule has 0 aromatic carbocycles. The molecule has 0 atom stereocenters. The second-order valence-corrected chi connectivity index (χ2v) is 4.07. The Kier molecular flexibility index (Phi) is 2.82. The Hall–Kier alpha value is -1.17. The number of hydrogen-bond donors (Lipinski definition) is 2. The summed E-state index contributed by atoms with van der Waals surface area (Å²) >= 11 is 1.21. The van der Waals surface area contributed by atoms with Gasteiger partial charge in [0.2, 0.25) is 5.13 Å². The summed E-state index contributed by atoms with van der Waals surface area (Å²) in [4.78, 5) is 14.6. The second-order valence-electron chi connectivity index (χ2n) is 3.29. The van der Waals surface area contributed by atoms with Gasteiger partial charge < -0.3 is 10.4 Å². The molecule has 1 aromatic heterocycles. The molecule has 0 aliphatic rings. The molecule has 72 valence electrons. The topological polar surface area (TPSA) is 75.1 Å². The number of aromatic nitrogens is 2. The molecule has 13 heavy (non-hydrogen) atoms. The standard InChI is InChI=1S/C7H11N3O2S/c1-7(2,5(11)12)3-8-6-9-4-10-13-6/h4H,3H2,1-2H3,(H,11,12)(H,8,9,10). The Balaban J connectivity index is 2.47. The van der Waals surface area contributed by atoms with E-state index in [4.69, 9.17) is 5.11 Å². The number of carboxylic acid groups (broad SMARTS) is 1. The third kappa shape index (κ3) is 2.66. The van der Waals surface area contributed by atoms with Gasteiger partial charge in [-0.15, -0.1) is 0 Å². The predicted octanol–water partition coefficient (Wildman–Crippen LogP) is 1.06. The zero-order valence-corrected chi connectivity index (χ0v) is 8.26. The van der Waals surface area contributed by atoms with Gasteiger partial charge >= 0.3 is 5.97 Å². The van der Waals surface area contributed by atoms with Crippen LogP contribution >= 0.6 is 11.5 Å². The van der Waals surface area contributed by atoms with Crippen molar-refractivity contribution in [3.8, 4) is 0 Å². The predicted molar refractivity (Wildman–Crippen MR) is 49.8 cm³/mol. The number of carboxylic acids is 1. The Labute approximate surface area is 80.0 Å². The van der Waals surface area contributed by atoms with Crippen LogP contribution in [0, 0.1) is 5.41 Å². The monoisotopic (exact) mass is 201 g/mol. The van der Waals surface area contributed by atoms with Gasteiger partial charge in [0.25, 0.3) is 0 Å².